The number of ketones is 1. The molecule has 0 fully saturated rings. The van der Waals surface area contributed by atoms with Crippen LogP contribution in [-0.4, -0.2) is 36.6 Å². The number of carbonyl (C=O) groups excluding carboxylic acids is 2. The fourth-order valence-corrected chi connectivity index (χ4v) is 1.40. The van der Waals surface area contributed by atoms with Gasteiger partial charge in [-0.2, -0.15) is 0 Å². The number of hydrogen-bond acceptors (Lipinski definition) is 4. The molecule has 3 aromatic rings. The predicted molar refractivity (Wildman–Crippen MR) is 69.9 cm³/mol. The zero-order valence-electron chi connectivity index (χ0n) is 10.6. The number of nitrogens with two attached hydrogens (primary N) is 1. The first-order valence-electron chi connectivity index (χ1n) is 5.75. The van der Waals surface area contributed by atoms with E-state index in [1.165, 1.54) is 12.4 Å². The lowest BCUT2D eigenvalue weighted by Crippen LogP contribution is -2.10. The molecule has 0 aliphatic heterocycles. The average Bonchev–Trinajstić information content (AvgIpc) is 3.21. The molecule has 0 bridgehead atoms. The van der Waals surface area contributed by atoms with E-state index in [1.54, 1.807) is 12.4 Å². The van der Waals surface area contributed by atoms with Gasteiger partial charge in [0.05, 0.1) is 0 Å². The Bertz CT molecular complexity index is 681. The Morgan fingerprint density at radius 1 is 1.05 bits per heavy atom. The summed E-state index contributed by atoms with van der Waals surface area (Å²) in [6.07, 6.45) is 7.30. The lowest BCUT2D eigenvalue weighted by atomic mass is 10.3. The molecule has 9 heteroatoms. The normalized spacial score (nSPS) is 9.76. The van der Waals surface area contributed by atoms with Crippen LogP contribution in [-0.2, 0) is 0 Å². The van der Waals surface area contributed by atoms with Gasteiger partial charge in [-0.05, 0) is 0 Å². The second-order valence-corrected chi connectivity index (χ2v) is 3.80. The van der Waals surface area contributed by atoms with E-state index in [0.29, 0.717) is 11.6 Å². The van der Waals surface area contributed by atoms with Crippen LogP contribution in [0.25, 0.3) is 0 Å². The molecule has 0 aliphatic rings. The van der Waals surface area contributed by atoms with E-state index in [2.05, 4.69) is 24.9 Å². The smallest absolute Gasteiger partial charge is 0.265 e. The van der Waals surface area contributed by atoms with Gasteiger partial charge in [0, 0.05) is 37.1 Å². The summed E-state index contributed by atoms with van der Waals surface area (Å²) in [5, 5.41) is 0. The molecule has 0 spiro atoms. The maximum Gasteiger partial charge on any atom is 0.265 e. The molecule has 8 nitrogen and oxygen atoms in total. The van der Waals surface area contributed by atoms with E-state index in [0.717, 1.165) is 12.3 Å². The number of aromatic nitrogens is 5. The highest BCUT2D eigenvalue weighted by Crippen LogP contribution is 1.99. The van der Waals surface area contributed by atoms with Crippen molar-refractivity contribution < 1.29 is 14.0 Å². The van der Waals surface area contributed by atoms with Crippen molar-refractivity contribution >= 4 is 11.7 Å². The highest BCUT2D eigenvalue weighted by atomic mass is 19.1. The summed E-state index contributed by atoms with van der Waals surface area (Å²) >= 11 is 0. The van der Waals surface area contributed by atoms with Crippen molar-refractivity contribution in [1.82, 2.24) is 24.9 Å². The van der Waals surface area contributed by atoms with Crippen LogP contribution in [0.1, 0.15) is 26.9 Å². The van der Waals surface area contributed by atoms with Crippen molar-refractivity contribution in [3.63, 3.8) is 0 Å². The zero-order valence-corrected chi connectivity index (χ0v) is 10.6. The molecule has 3 aromatic heterocycles. The Hall–Kier alpha value is -3.23. The molecule has 1 amide bonds. The summed E-state index contributed by atoms with van der Waals surface area (Å²) in [6.45, 7) is 0. The van der Waals surface area contributed by atoms with Crippen LogP contribution >= 0.6 is 0 Å². The number of imidazole rings is 2. The van der Waals surface area contributed by atoms with Gasteiger partial charge in [-0.15, -0.1) is 0 Å². The van der Waals surface area contributed by atoms with Crippen LogP contribution in [0.4, 0.5) is 4.39 Å². The Kier molecular flexibility index (Phi) is 4.24. The molecule has 0 saturated heterocycles. The molecule has 0 aromatic carbocycles. The predicted octanol–water partition coefficient (Wildman–Crippen LogP) is 0.617. The minimum atomic E-state index is -0.654. The molecule has 0 atom stereocenters. The molecule has 108 valence electrons. The van der Waals surface area contributed by atoms with E-state index in [-0.39, 0.29) is 11.5 Å². The first-order valence-corrected chi connectivity index (χ1v) is 5.75. The minimum Gasteiger partial charge on any atom is -0.364 e. The van der Waals surface area contributed by atoms with E-state index in [9.17, 15) is 14.0 Å². The molecule has 0 saturated carbocycles. The maximum atomic E-state index is 12.0. The summed E-state index contributed by atoms with van der Waals surface area (Å²) < 4.78 is 12.0. The van der Waals surface area contributed by atoms with Crippen LogP contribution in [0.15, 0.2) is 37.1 Å². The molecular weight excluding hydrogens is 279 g/mol. The number of primary amides is 1. The Morgan fingerprint density at radius 3 is 1.90 bits per heavy atom. The van der Waals surface area contributed by atoms with Gasteiger partial charge in [0.1, 0.15) is 11.5 Å². The standard InChI is InChI=1S/C7H6N4O.C5H5FN2O/c12-5(6-8-1-2-9-6)7-10-3-4-11-7;6-3-1-4(5(7)9)8-2-3/h1-4H,(H,8,9)(H,10,11);1-2,8H,(H2,7,9). The number of amides is 1. The SMILES string of the molecule is NC(=O)c1cc(F)c[nH]1.O=C(c1ncc[nH]1)c1ncc[nH]1. The number of carbonyl (C=O) groups is 2. The molecule has 0 unspecified atom stereocenters. The van der Waals surface area contributed by atoms with Crippen molar-refractivity contribution in [2.75, 3.05) is 0 Å². The molecule has 3 rings (SSSR count). The molecule has 0 aliphatic carbocycles. The van der Waals surface area contributed by atoms with Gasteiger partial charge in [-0.3, -0.25) is 9.59 Å². The number of rotatable bonds is 3. The van der Waals surface area contributed by atoms with Gasteiger partial charge < -0.3 is 20.7 Å². The maximum absolute atomic E-state index is 12.0. The van der Waals surface area contributed by atoms with Gasteiger partial charge in [0.15, 0.2) is 11.6 Å². The van der Waals surface area contributed by atoms with Crippen molar-refractivity contribution in [3.05, 3.63) is 60.2 Å². The monoisotopic (exact) mass is 290 g/mol. The highest BCUT2D eigenvalue weighted by Gasteiger charge is 2.12. The zero-order chi connectivity index (χ0) is 15.2. The summed E-state index contributed by atoms with van der Waals surface area (Å²) in [5.74, 6) is -0.775. The van der Waals surface area contributed by atoms with Crippen LogP contribution < -0.4 is 5.73 Å². The third-order valence-electron chi connectivity index (χ3n) is 2.34. The van der Waals surface area contributed by atoms with Gasteiger partial charge in [0.2, 0.25) is 0 Å². The van der Waals surface area contributed by atoms with Crippen molar-refractivity contribution in [2.45, 2.75) is 0 Å². The van der Waals surface area contributed by atoms with E-state index in [1.807, 2.05) is 0 Å². The van der Waals surface area contributed by atoms with Gasteiger partial charge >= 0.3 is 0 Å². The van der Waals surface area contributed by atoms with Crippen LogP contribution in [0.2, 0.25) is 0 Å². The van der Waals surface area contributed by atoms with Crippen molar-refractivity contribution in [1.29, 1.82) is 0 Å². The fourth-order valence-electron chi connectivity index (χ4n) is 1.40. The third kappa shape index (κ3) is 3.62. The van der Waals surface area contributed by atoms with Crippen molar-refractivity contribution in [2.24, 2.45) is 5.73 Å². The molecule has 21 heavy (non-hydrogen) atoms. The Morgan fingerprint density at radius 2 is 1.62 bits per heavy atom. The first kappa shape index (κ1) is 14.2. The van der Waals surface area contributed by atoms with E-state index < -0.39 is 11.7 Å². The molecule has 5 N–H and O–H groups in total. The number of hydrogen-bond donors (Lipinski definition) is 4. The summed E-state index contributed by atoms with van der Waals surface area (Å²) in [4.78, 5) is 37.0. The largest absolute Gasteiger partial charge is 0.364 e. The van der Waals surface area contributed by atoms with Crippen molar-refractivity contribution in [3.8, 4) is 0 Å². The Labute approximate surface area is 117 Å². The van der Waals surface area contributed by atoms with Gasteiger partial charge in [-0.25, -0.2) is 14.4 Å². The summed E-state index contributed by atoms with van der Waals surface area (Å²) in [7, 11) is 0. The molecular formula is C12H11FN6O2. The van der Waals surface area contributed by atoms with E-state index >= 15 is 0 Å². The number of H-pyrrole nitrogens is 3. The highest BCUT2D eigenvalue weighted by molar-refractivity contribution is 6.03. The van der Waals surface area contributed by atoms with Crippen LogP contribution in [0.3, 0.4) is 0 Å². The number of nitrogens with zero attached hydrogens (tertiary/aromatic N) is 2. The van der Waals surface area contributed by atoms with E-state index in [4.69, 9.17) is 5.73 Å². The lowest BCUT2D eigenvalue weighted by molar-refractivity contribution is 0.0993. The number of aromatic amines is 3. The number of halogens is 1. The van der Waals surface area contributed by atoms with Crippen LogP contribution in [0.5, 0.6) is 0 Å². The van der Waals surface area contributed by atoms with Gasteiger partial charge in [-0.1, -0.05) is 0 Å². The summed E-state index contributed by atoms with van der Waals surface area (Å²) in [5.41, 5.74) is 4.88. The Balaban J connectivity index is 0.000000161. The number of nitrogens with one attached hydrogen (secondary N) is 3. The topological polar surface area (TPSA) is 133 Å². The second kappa shape index (κ2) is 6.28. The van der Waals surface area contributed by atoms with Crippen LogP contribution in [0, 0.1) is 5.82 Å². The minimum absolute atomic E-state index is 0.0903. The molecule has 3 heterocycles. The molecule has 0 radical (unpaired) electrons. The third-order valence-corrected chi connectivity index (χ3v) is 2.34. The quantitative estimate of drug-likeness (QED) is 0.526. The lowest BCUT2D eigenvalue weighted by Gasteiger charge is -1.89. The second-order valence-electron chi connectivity index (χ2n) is 3.80. The van der Waals surface area contributed by atoms with Gasteiger partial charge in [0.25, 0.3) is 11.7 Å². The fraction of sp³-hybridized carbons (Fsp3) is 0. The summed E-state index contributed by atoms with van der Waals surface area (Å²) in [6, 6.07) is 1.04. The average molecular weight is 290 g/mol. The first-order chi connectivity index (χ1) is 10.1.